The standard InChI is InChI=1S/C9H9N3O3S/c1-2-4-10-9(15)7-6-12(11-16-7)5-3-8(13)14/h1,6H,3-5H2,(H-,10,13,14,15)/p+1. The van der Waals surface area contributed by atoms with Crippen molar-refractivity contribution in [1.82, 2.24) is 9.81 Å². The van der Waals surface area contributed by atoms with Crippen LogP contribution in [0.5, 0.6) is 0 Å². The van der Waals surface area contributed by atoms with E-state index in [1.807, 2.05) is 0 Å². The third-order valence-electron chi connectivity index (χ3n) is 1.64. The largest absolute Gasteiger partial charge is 0.481 e. The summed E-state index contributed by atoms with van der Waals surface area (Å²) in [6.45, 7) is 0.403. The Morgan fingerprint density at radius 2 is 2.44 bits per heavy atom. The van der Waals surface area contributed by atoms with Crippen LogP contribution in [0.4, 0.5) is 0 Å². The molecule has 1 aromatic heterocycles. The number of hydrogen-bond acceptors (Lipinski definition) is 4. The van der Waals surface area contributed by atoms with Crippen LogP contribution in [-0.4, -0.2) is 28.0 Å². The second kappa shape index (κ2) is 5.82. The van der Waals surface area contributed by atoms with Crippen LogP contribution in [0, 0.1) is 12.3 Å². The molecule has 0 aromatic carbocycles. The summed E-state index contributed by atoms with van der Waals surface area (Å²) in [5.74, 6) is 1.08. The summed E-state index contributed by atoms with van der Waals surface area (Å²) in [6, 6.07) is 0. The molecule has 16 heavy (non-hydrogen) atoms. The molecule has 0 aliphatic heterocycles. The molecular formula is C9H10N3O3S+. The molecule has 84 valence electrons. The molecule has 2 N–H and O–H groups in total. The fraction of sp³-hybridized carbons (Fsp3) is 0.333. The lowest BCUT2D eigenvalue weighted by Crippen LogP contribution is -2.36. The van der Waals surface area contributed by atoms with Crippen molar-refractivity contribution in [1.29, 1.82) is 0 Å². The summed E-state index contributed by atoms with van der Waals surface area (Å²) >= 11 is 0.999. The normalized spacial score (nSPS) is 9.44. The molecule has 1 rings (SSSR count). The third-order valence-corrected chi connectivity index (χ3v) is 2.42. The second-order valence-corrected chi connectivity index (χ2v) is 3.65. The maximum absolute atomic E-state index is 11.4. The van der Waals surface area contributed by atoms with Gasteiger partial charge in [0.15, 0.2) is 11.4 Å². The Bertz CT molecular complexity index is 435. The van der Waals surface area contributed by atoms with Gasteiger partial charge in [0.05, 0.1) is 11.0 Å². The lowest BCUT2D eigenvalue weighted by molar-refractivity contribution is -0.745. The van der Waals surface area contributed by atoms with Gasteiger partial charge in [0.25, 0.3) is 5.91 Å². The van der Waals surface area contributed by atoms with E-state index in [4.69, 9.17) is 11.5 Å². The Kier molecular flexibility index (Phi) is 4.42. The first-order chi connectivity index (χ1) is 7.63. The van der Waals surface area contributed by atoms with Crippen molar-refractivity contribution in [2.75, 3.05) is 6.54 Å². The fourth-order valence-corrected chi connectivity index (χ4v) is 1.56. The van der Waals surface area contributed by atoms with E-state index in [0.717, 1.165) is 11.5 Å². The maximum Gasteiger partial charge on any atom is 0.309 e. The molecule has 0 aliphatic rings. The Hall–Kier alpha value is -1.94. The molecule has 0 atom stereocenters. The number of carbonyl (C=O) groups is 2. The molecule has 7 heteroatoms. The van der Waals surface area contributed by atoms with E-state index in [2.05, 4.69) is 15.7 Å². The molecule has 0 radical (unpaired) electrons. The zero-order valence-corrected chi connectivity index (χ0v) is 9.16. The van der Waals surface area contributed by atoms with E-state index in [1.54, 1.807) is 0 Å². The molecule has 1 amide bonds. The fourth-order valence-electron chi connectivity index (χ4n) is 0.913. The van der Waals surface area contributed by atoms with Crippen molar-refractivity contribution >= 4 is 23.4 Å². The number of carbonyl (C=O) groups excluding carboxylic acids is 1. The predicted octanol–water partition coefficient (Wildman–Crippen LogP) is -0.732. The zero-order chi connectivity index (χ0) is 12.0. The highest BCUT2D eigenvalue weighted by atomic mass is 32.1. The number of aliphatic carboxylic acids is 1. The van der Waals surface area contributed by atoms with Gasteiger partial charge in [-0.15, -0.1) is 6.42 Å². The molecule has 0 unspecified atom stereocenters. The number of aromatic nitrogens is 2. The SMILES string of the molecule is C#CCNC(=O)c1c[n+](CCC(=O)O)ns1. The van der Waals surface area contributed by atoms with Crippen LogP contribution in [-0.2, 0) is 11.3 Å². The number of nitrogens with zero attached hydrogens (tertiary/aromatic N) is 2. The molecule has 0 aliphatic carbocycles. The lowest BCUT2D eigenvalue weighted by atomic mass is 10.4. The molecule has 0 spiro atoms. The minimum Gasteiger partial charge on any atom is -0.481 e. The van der Waals surface area contributed by atoms with Crippen LogP contribution in [0.3, 0.4) is 0 Å². The third kappa shape index (κ3) is 3.67. The first-order valence-corrected chi connectivity index (χ1v) is 5.20. The number of rotatable bonds is 5. The second-order valence-electron chi connectivity index (χ2n) is 2.86. The van der Waals surface area contributed by atoms with Crippen molar-refractivity contribution in [3.8, 4) is 12.3 Å². The summed E-state index contributed by atoms with van der Waals surface area (Å²) in [7, 11) is 0. The molecule has 1 aromatic rings. The predicted molar refractivity (Wildman–Crippen MR) is 55.7 cm³/mol. The first-order valence-electron chi connectivity index (χ1n) is 4.43. The number of nitrogens with one attached hydrogen (secondary N) is 1. The first kappa shape index (κ1) is 12.1. The number of hydrogen-bond donors (Lipinski definition) is 2. The minimum atomic E-state index is -0.904. The van der Waals surface area contributed by atoms with Gasteiger partial charge in [0.2, 0.25) is 6.20 Å². The summed E-state index contributed by atoms with van der Waals surface area (Å²) in [5.41, 5.74) is 0. The van der Waals surface area contributed by atoms with Crippen molar-refractivity contribution < 1.29 is 19.4 Å². The van der Waals surface area contributed by atoms with Gasteiger partial charge >= 0.3 is 5.97 Å². The van der Waals surface area contributed by atoms with Gasteiger partial charge in [-0.25, -0.2) is 0 Å². The van der Waals surface area contributed by atoms with E-state index in [1.165, 1.54) is 10.9 Å². The van der Waals surface area contributed by atoms with Gasteiger partial charge in [0.1, 0.15) is 6.42 Å². The van der Waals surface area contributed by atoms with Crippen molar-refractivity contribution in [3.05, 3.63) is 11.1 Å². The van der Waals surface area contributed by atoms with Gasteiger partial charge in [-0.1, -0.05) is 10.6 Å². The number of aryl methyl sites for hydroxylation is 1. The number of carboxylic acid groups (broad SMARTS) is 1. The van der Waals surface area contributed by atoms with E-state index < -0.39 is 5.97 Å². The van der Waals surface area contributed by atoms with Gasteiger partial charge < -0.3 is 10.4 Å². The zero-order valence-electron chi connectivity index (χ0n) is 8.34. The van der Waals surface area contributed by atoms with Crippen LogP contribution in [0.25, 0.3) is 0 Å². The number of amides is 1. The molecular weight excluding hydrogens is 230 g/mol. The van der Waals surface area contributed by atoms with Crippen LogP contribution in [0.1, 0.15) is 16.1 Å². The average Bonchev–Trinajstić information content (AvgIpc) is 2.71. The Morgan fingerprint density at radius 1 is 1.69 bits per heavy atom. The summed E-state index contributed by atoms with van der Waals surface area (Å²) in [4.78, 5) is 22.1. The molecule has 0 saturated heterocycles. The van der Waals surface area contributed by atoms with Gasteiger partial charge in [-0.05, 0) is 0 Å². The number of terminal acetylenes is 1. The smallest absolute Gasteiger partial charge is 0.309 e. The average molecular weight is 240 g/mol. The van der Waals surface area contributed by atoms with Gasteiger partial charge in [-0.2, -0.15) is 0 Å². The monoisotopic (exact) mass is 240 g/mol. The molecule has 6 nitrogen and oxygen atoms in total. The van der Waals surface area contributed by atoms with E-state index in [9.17, 15) is 9.59 Å². The Morgan fingerprint density at radius 3 is 3.06 bits per heavy atom. The Balaban J connectivity index is 2.54. The van der Waals surface area contributed by atoms with Gasteiger partial charge in [0, 0.05) is 11.5 Å². The van der Waals surface area contributed by atoms with Crippen molar-refractivity contribution in [3.63, 3.8) is 0 Å². The quantitative estimate of drug-likeness (QED) is 0.525. The highest BCUT2D eigenvalue weighted by molar-refractivity contribution is 7.07. The van der Waals surface area contributed by atoms with Gasteiger partial charge in [-0.3, -0.25) is 9.59 Å². The van der Waals surface area contributed by atoms with E-state index in [-0.39, 0.29) is 25.4 Å². The van der Waals surface area contributed by atoms with Crippen LogP contribution in [0.15, 0.2) is 6.20 Å². The molecule has 1 heterocycles. The topological polar surface area (TPSA) is 83.2 Å². The molecule has 0 bridgehead atoms. The van der Waals surface area contributed by atoms with Crippen LogP contribution >= 0.6 is 11.5 Å². The molecule has 0 fully saturated rings. The van der Waals surface area contributed by atoms with Crippen molar-refractivity contribution in [2.45, 2.75) is 13.0 Å². The highest BCUT2D eigenvalue weighted by Crippen LogP contribution is 2.00. The van der Waals surface area contributed by atoms with E-state index >= 15 is 0 Å². The summed E-state index contributed by atoms with van der Waals surface area (Å²) in [6.07, 6.45) is 6.47. The number of carboxylic acids is 1. The van der Waals surface area contributed by atoms with Crippen LogP contribution < -0.4 is 10.00 Å². The van der Waals surface area contributed by atoms with Crippen molar-refractivity contribution in [2.24, 2.45) is 0 Å². The lowest BCUT2D eigenvalue weighted by Gasteiger charge is -1.93. The minimum absolute atomic E-state index is 0.0280. The maximum atomic E-state index is 11.4. The Labute approximate surface area is 96.1 Å². The summed E-state index contributed by atoms with van der Waals surface area (Å²) in [5, 5.41) is 11.0. The highest BCUT2D eigenvalue weighted by Gasteiger charge is 2.16. The molecule has 0 saturated carbocycles. The van der Waals surface area contributed by atoms with Crippen LogP contribution in [0.2, 0.25) is 0 Å². The summed E-state index contributed by atoms with van der Waals surface area (Å²) < 4.78 is 5.32. The van der Waals surface area contributed by atoms with E-state index in [0.29, 0.717) is 4.88 Å².